The smallest absolute Gasteiger partial charge is 0.332 e. The van der Waals surface area contributed by atoms with Crippen LogP contribution in [0.5, 0.6) is 0 Å². The van der Waals surface area contributed by atoms with Gasteiger partial charge in [0.2, 0.25) is 0 Å². The van der Waals surface area contributed by atoms with E-state index < -0.39 is 0 Å². The highest BCUT2D eigenvalue weighted by Crippen LogP contribution is 2.01. The molecule has 0 radical (unpaired) electrons. The molecule has 0 aliphatic heterocycles. The van der Waals surface area contributed by atoms with E-state index in [0.717, 1.165) is 5.56 Å². The van der Waals surface area contributed by atoms with Crippen LogP contribution in [0.2, 0.25) is 0 Å². The lowest BCUT2D eigenvalue weighted by atomic mass is 10.2. The Hall–Kier alpha value is -2.04. The van der Waals surface area contributed by atoms with Crippen molar-refractivity contribution in [2.45, 2.75) is 13.5 Å². The lowest BCUT2D eigenvalue weighted by Gasteiger charge is -2.16. The molecule has 0 bridgehead atoms. The van der Waals surface area contributed by atoms with Gasteiger partial charge in [-0.1, -0.05) is 30.3 Å². The Kier molecular flexibility index (Phi) is 16.3. The summed E-state index contributed by atoms with van der Waals surface area (Å²) >= 11 is 0. The van der Waals surface area contributed by atoms with Crippen molar-refractivity contribution in [3.05, 3.63) is 35.9 Å². The summed E-state index contributed by atoms with van der Waals surface area (Å²) in [5, 5.41) is 0. The van der Waals surface area contributed by atoms with Crippen LogP contribution in [0.25, 0.3) is 0 Å². The van der Waals surface area contributed by atoms with Crippen molar-refractivity contribution in [3.8, 4) is 0 Å². The summed E-state index contributed by atoms with van der Waals surface area (Å²) in [5.74, 6) is -0.638. The fourth-order valence-electron chi connectivity index (χ4n) is 2.32. The van der Waals surface area contributed by atoms with Gasteiger partial charge in [-0.2, -0.15) is 0 Å². The highest BCUT2D eigenvalue weighted by atomic mass is 16.6. The van der Waals surface area contributed by atoms with Gasteiger partial charge in [0.1, 0.15) is 13.2 Å². The Balaban J connectivity index is 1.84. The maximum atomic E-state index is 11.8. The van der Waals surface area contributed by atoms with E-state index in [-0.39, 0.29) is 31.7 Å². The number of hydrogen-bond donors (Lipinski definition) is 0. The van der Waals surface area contributed by atoms with Crippen LogP contribution in [0, 0.1) is 0 Å². The predicted molar refractivity (Wildman–Crippen MR) is 114 cm³/mol. The van der Waals surface area contributed by atoms with Crippen molar-refractivity contribution in [1.29, 1.82) is 0 Å². The standard InChI is InChI=1S/C22H35NO8/c1-3-30-22(25)19-29-16-15-28-14-13-27-12-11-26-10-9-23(2)17-21(24)31-18-20-7-5-4-6-8-20/h4-8H,3,9-19H2,1-2H3. The molecule has 176 valence electrons. The number of ether oxygens (including phenoxy) is 6. The third kappa shape index (κ3) is 16.3. The number of benzene rings is 1. The van der Waals surface area contributed by atoms with E-state index in [1.165, 1.54) is 0 Å². The summed E-state index contributed by atoms with van der Waals surface area (Å²) in [6.07, 6.45) is 0. The number of likely N-dealkylation sites (N-methyl/N-ethyl adjacent to an activating group) is 1. The Labute approximate surface area is 184 Å². The molecule has 0 aromatic heterocycles. The van der Waals surface area contributed by atoms with Gasteiger partial charge in [0.25, 0.3) is 0 Å². The fraction of sp³-hybridized carbons (Fsp3) is 0.636. The zero-order valence-electron chi connectivity index (χ0n) is 18.6. The lowest BCUT2D eigenvalue weighted by Crippen LogP contribution is -2.30. The molecule has 9 heteroatoms. The molecule has 0 heterocycles. The van der Waals surface area contributed by atoms with Crippen LogP contribution in [0.3, 0.4) is 0 Å². The minimum absolute atomic E-state index is 0.0604. The average Bonchev–Trinajstić information content (AvgIpc) is 2.76. The van der Waals surface area contributed by atoms with E-state index in [4.69, 9.17) is 28.4 Å². The van der Waals surface area contributed by atoms with Crippen LogP contribution in [0.4, 0.5) is 0 Å². The molecular formula is C22H35NO8. The fourth-order valence-corrected chi connectivity index (χ4v) is 2.32. The Bertz CT molecular complexity index is 584. The summed E-state index contributed by atoms with van der Waals surface area (Å²) in [6.45, 7) is 6.20. The van der Waals surface area contributed by atoms with Crippen molar-refractivity contribution in [2.24, 2.45) is 0 Å². The van der Waals surface area contributed by atoms with Gasteiger partial charge < -0.3 is 28.4 Å². The first-order valence-corrected chi connectivity index (χ1v) is 10.5. The van der Waals surface area contributed by atoms with Crippen molar-refractivity contribution >= 4 is 11.9 Å². The molecule has 0 saturated heterocycles. The average molecular weight is 442 g/mol. The molecule has 0 saturated carbocycles. The molecule has 1 aromatic carbocycles. The highest BCUT2D eigenvalue weighted by molar-refractivity contribution is 5.71. The first-order valence-electron chi connectivity index (χ1n) is 10.5. The van der Waals surface area contributed by atoms with Crippen LogP contribution in [0.15, 0.2) is 30.3 Å². The first-order chi connectivity index (χ1) is 15.1. The third-order valence-electron chi connectivity index (χ3n) is 3.90. The van der Waals surface area contributed by atoms with E-state index in [1.54, 1.807) is 6.92 Å². The molecule has 9 nitrogen and oxygen atoms in total. The molecule has 0 aliphatic carbocycles. The SMILES string of the molecule is CCOC(=O)COCCOCCOCCOCCN(C)CC(=O)OCc1ccccc1. The summed E-state index contributed by atoms with van der Waals surface area (Å²) in [5.41, 5.74) is 0.967. The van der Waals surface area contributed by atoms with Gasteiger partial charge in [-0.25, -0.2) is 4.79 Å². The molecule has 0 amide bonds. The topological polar surface area (TPSA) is 92.8 Å². The number of carbonyl (C=O) groups excluding carboxylic acids is 2. The summed E-state index contributed by atoms with van der Waals surface area (Å²) in [7, 11) is 1.84. The number of esters is 2. The highest BCUT2D eigenvalue weighted by Gasteiger charge is 2.08. The van der Waals surface area contributed by atoms with E-state index >= 15 is 0 Å². The maximum Gasteiger partial charge on any atom is 0.332 e. The molecule has 1 aromatic rings. The van der Waals surface area contributed by atoms with Gasteiger partial charge >= 0.3 is 11.9 Å². The van der Waals surface area contributed by atoms with E-state index in [1.807, 2.05) is 42.3 Å². The van der Waals surface area contributed by atoms with Crippen LogP contribution >= 0.6 is 0 Å². The molecule has 0 spiro atoms. The zero-order valence-corrected chi connectivity index (χ0v) is 18.6. The largest absolute Gasteiger partial charge is 0.464 e. The first kappa shape index (κ1) is 27.0. The maximum absolute atomic E-state index is 11.8. The summed E-state index contributed by atoms with van der Waals surface area (Å²) in [6, 6.07) is 9.58. The number of hydrogen-bond acceptors (Lipinski definition) is 9. The number of carbonyl (C=O) groups is 2. The molecule has 0 N–H and O–H groups in total. The molecule has 1 rings (SSSR count). The minimum Gasteiger partial charge on any atom is -0.464 e. The van der Waals surface area contributed by atoms with E-state index in [0.29, 0.717) is 59.4 Å². The second kappa shape index (κ2) is 18.7. The summed E-state index contributed by atoms with van der Waals surface area (Å²) < 4.78 is 31.3. The van der Waals surface area contributed by atoms with Gasteiger partial charge in [-0.05, 0) is 19.5 Å². The second-order valence-electron chi connectivity index (χ2n) is 6.58. The lowest BCUT2D eigenvalue weighted by molar-refractivity contribution is -0.149. The Morgan fingerprint density at radius 1 is 0.774 bits per heavy atom. The van der Waals surface area contributed by atoms with Gasteiger partial charge in [-0.15, -0.1) is 0 Å². The van der Waals surface area contributed by atoms with Crippen molar-refractivity contribution in [3.63, 3.8) is 0 Å². The van der Waals surface area contributed by atoms with E-state index in [2.05, 4.69) is 0 Å². The van der Waals surface area contributed by atoms with Crippen LogP contribution in [-0.4, -0.2) is 96.4 Å². The monoisotopic (exact) mass is 441 g/mol. The van der Waals surface area contributed by atoms with Crippen LogP contribution in [-0.2, 0) is 44.6 Å². The van der Waals surface area contributed by atoms with Crippen LogP contribution < -0.4 is 0 Å². The molecule has 0 aliphatic rings. The number of rotatable bonds is 19. The predicted octanol–water partition coefficient (Wildman–Crippen LogP) is 1.29. The van der Waals surface area contributed by atoms with Gasteiger partial charge in [0.05, 0.1) is 59.4 Å². The molecule has 0 fully saturated rings. The molecule has 31 heavy (non-hydrogen) atoms. The second-order valence-corrected chi connectivity index (χ2v) is 6.58. The summed E-state index contributed by atoms with van der Waals surface area (Å²) in [4.78, 5) is 24.7. The molecule has 0 atom stereocenters. The van der Waals surface area contributed by atoms with Gasteiger partial charge in [0.15, 0.2) is 0 Å². The Morgan fingerprint density at radius 2 is 1.35 bits per heavy atom. The van der Waals surface area contributed by atoms with Crippen molar-refractivity contribution < 1.29 is 38.0 Å². The van der Waals surface area contributed by atoms with Gasteiger partial charge in [0, 0.05) is 6.54 Å². The van der Waals surface area contributed by atoms with Gasteiger partial charge in [-0.3, -0.25) is 9.69 Å². The molecular weight excluding hydrogens is 406 g/mol. The number of nitrogens with zero attached hydrogens (tertiary/aromatic N) is 1. The normalized spacial score (nSPS) is 10.9. The van der Waals surface area contributed by atoms with Crippen LogP contribution in [0.1, 0.15) is 12.5 Å². The minimum atomic E-state index is -0.375. The Morgan fingerprint density at radius 3 is 1.97 bits per heavy atom. The van der Waals surface area contributed by atoms with Crippen molar-refractivity contribution in [1.82, 2.24) is 4.90 Å². The molecule has 0 unspecified atom stereocenters. The quantitative estimate of drug-likeness (QED) is 0.233. The van der Waals surface area contributed by atoms with Crippen molar-refractivity contribution in [2.75, 3.05) is 79.6 Å². The third-order valence-corrected chi connectivity index (χ3v) is 3.90. The van der Waals surface area contributed by atoms with E-state index in [9.17, 15) is 9.59 Å². The zero-order chi connectivity index (χ0) is 22.6.